The first kappa shape index (κ1) is 16.1. The van der Waals surface area contributed by atoms with E-state index in [4.69, 9.17) is 10.00 Å². The zero-order valence-corrected chi connectivity index (χ0v) is 11.9. The Kier molecular flexibility index (Phi) is 6.15. The number of hydrogen-bond acceptors (Lipinski definition) is 6. The lowest BCUT2D eigenvalue weighted by Crippen LogP contribution is -2.29. The molecule has 6 nitrogen and oxygen atoms in total. The Morgan fingerprint density at radius 3 is 2.85 bits per heavy atom. The van der Waals surface area contributed by atoms with Crippen LogP contribution >= 0.6 is 0 Å². The van der Waals surface area contributed by atoms with Crippen LogP contribution in [0.4, 0.5) is 0 Å². The monoisotopic (exact) mass is 296 g/mol. The molecule has 0 spiro atoms. The zero-order valence-electron chi connectivity index (χ0n) is 11.1. The lowest BCUT2D eigenvalue weighted by atomic mass is 10.2. The highest BCUT2D eigenvalue weighted by atomic mass is 32.2. The van der Waals surface area contributed by atoms with Gasteiger partial charge in [-0.15, -0.1) is 0 Å². The molecule has 0 aliphatic heterocycles. The number of rotatable bonds is 7. The normalized spacial score (nSPS) is 10.8. The van der Waals surface area contributed by atoms with E-state index in [9.17, 15) is 13.2 Å². The number of esters is 1. The quantitative estimate of drug-likeness (QED) is 0.581. The number of ether oxygens (including phenoxy) is 1. The summed E-state index contributed by atoms with van der Waals surface area (Å²) in [6.45, 7) is 2.10. The largest absolute Gasteiger partial charge is 0.465 e. The van der Waals surface area contributed by atoms with Crippen molar-refractivity contribution in [3.63, 3.8) is 0 Å². The molecular weight excluding hydrogens is 280 g/mol. The summed E-state index contributed by atoms with van der Waals surface area (Å²) in [5.74, 6) is -0.572. The molecule has 1 N–H and O–H groups in total. The van der Waals surface area contributed by atoms with E-state index in [0.717, 1.165) is 0 Å². The zero-order chi connectivity index (χ0) is 15.0. The molecule has 7 heteroatoms. The van der Waals surface area contributed by atoms with Gasteiger partial charge in [0.2, 0.25) is 0 Å². The minimum Gasteiger partial charge on any atom is -0.465 e. The van der Waals surface area contributed by atoms with Crippen LogP contribution in [0.1, 0.15) is 12.5 Å². The minimum atomic E-state index is -3.47. The highest BCUT2D eigenvalue weighted by Crippen LogP contribution is 2.12. The second kappa shape index (κ2) is 7.62. The number of benzene rings is 1. The summed E-state index contributed by atoms with van der Waals surface area (Å²) in [6.07, 6.45) is 0. The van der Waals surface area contributed by atoms with E-state index >= 15 is 0 Å². The molecule has 1 aromatic carbocycles. The third-order valence-corrected chi connectivity index (χ3v) is 4.16. The number of nitrogens with one attached hydrogen (secondary N) is 1. The van der Waals surface area contributed by atoms with E-state index in [0.29, 0.717) is 12.2 Å². The van der Waals surface area contributed by atoms with Gasteiger partial charge in [-0.25, -0.2) is 8.42 Å². The highest BCUT2D eigenvalue weighted by Gasteiger charge is 2.14. The maximum atomic E-state index is 12.0. The molecule has 0 amide bonds. The van der Waals surface area contributed by atoms with Crippen molar-refractivity contribution < 1.29 is 17.9 Å². The summed E-state index contributed by atoms with van der Waals surface area (Å²) in [5, 5.41) is 11.5. The number of carbonyl (C=O) groups is 1. The molecule has 0 saturated carbocycles. The average molecular weight is 296 g/mol. The molecule has 0 radical (unpaired) electrons. The highest BCUT2D eigenvalue weighted by molar-refractivity contribution is 7.91. The van der Waals surface area contributed by atoms with Gasteiger partial charge >= 0.3 is 5.97 Å². The summed E-state index contributed by atoms with van der Waals surface area (Å²) in [5.41, 5.74) is 0.297. The van der Waals surface area contributed by atoms with Gasteiger partial charge in [0.15, 0.2) is 9.84 Å². The minimum absolute atomic E-state index is 0.0262. The van der Waals surface area contributed by atoms with Crippen LogP contribution in [0.2, 0.25) is 0 Å². The van der Waals surface area contributed by atoms with Gasteiger partial charge in [-0.1, -0.05) is 6.07 Å². The first-order valence-electron chi connectivity index (χ1n) is 6.09. The molecule has 0 unspecified atom stereocenters. The molecule has 0 bridgehead atoms. The van der Waals surface area contributed by atoms with Crippen LogP contribution in [0.15, 0.2) is 29.2 Å². The van der Waals surface area contributed by atoms with E-state index in [2.05, 4.69) is 5.32 Å². The van der Waals surface area contributed by atoms with Gasteiger partial charge in [0.1, 0.15) is 0 Å². The Bertz CT molecular complexity index is 605. The van der Waals surface area contributed by atoms with Crippen LogP contribution in [0.25, 0.3) is 0 Å². The predicted molar refractivity (Wildman–Crippen MR) is 72.7 cm³/mol. The molecule has 20 heavy (non-hydrogen) atoms. The number of sulfone groups is 1. The second-order valence-corrected chi connectivity index (χ2v) is 6.05. The van der Waals surface area contributed by atoms with E-state index in [1.54, 1.807) is 6.92 Å². The van der Waals surface area contributed by atoms with Gasteiger partial charge in [-0.05, 0) is 25.1 Å². The molecule has 0 fully saturated rings. The molecule has 0 aliphatic rings. The van der Waals surface area contributed by atoms with Crippen molar-refractivity contribution in [2.24, 2.45) is 0 Å². The van der Waals surface area contributed by atoms with E-state index in [1.165, 1.54) is 24.3 Å². The Balaban J connectivity index is 2.54. The van der Waals surface area contributed by atoms with Crippen molar-refractivity contribution in [2.75, 3.05) is 25.4 Å². The van der Waals surface area contributed by atoms with Crippen molar-refractivity contribution in [1.29, 1.82) is 5.26 Å². The molecule has 0 saturated heterocycles. The van der Waals surface area contributed by atoms with Gasteiger partial charge in [0.05, 0.1) is 35.4 Å². The topological polar surface area (TPSA) is 96.3 Å². The Morgan fingerprint density at radius 1 is 1.45 bits per heavy atom. The lowest BCUT2D eigenvalue weighted by Gasteiger charge is -2.06. The van der Waals surface area contributed by atoms with Crippen LogP contribution in [-0.2, 0) is 19.4 Å². The van der Waals surface area contributed by atoms with Crippen molar-refractivity contribution in [3.8, 4) is 6.07 Å². The van der Waals surface area contributed by atoms with E-state index in [1.807, 2.05) is 6.07 Å². The third-order valence-electron chi connectivity index (χ3n) is 2.44. The lowest BCUT2D eigenvalue weighted by molar-refractivity contribution is -0.141. The fraction of sp³-hybridized carbons (Fsp3) is 0.385. The van der Waals surface area contributed by atoms with Gasteiger partial charge in [0, 0.05) is 6.54 Å². The number of carbonyl (C=O) groups excluding carboxylic acids is 1. The molecule has 0 atom stereocenters. The maximum Gasteiger partial charge on any atom is 0.319 e. The average Bonchev–Trinajstić information content (AvgIpc) is 2.44. The summed E-state index contributed by atoms with van der Waals surface area (Å²) >= 11 is 0. The number of nitriles is 1. The smallest absolute Gasteiger partial charge is 0.319 e. The molecule has 108 valence electrons. The molecular formula is C13H16N2O4S. The fourth-order valence-electron chi connectivity index (χ4n) is 1.49. The molecule has 1 aromatic rings. The van der Waals surface area contributed by atoms with E-state index in [-0.39, 0.29) is 23.7 Å². The second-order valence-electron chi connectivity index (χ2n) is 3.94. The fourth-order valence-corrected chi connectivity index (χ4v) is 2.73. The van der Waals surface area contributed by atoms with Crippen LogP contribution in [0.3, 0.4) is 0 Å². The van der Waals surface area contributed by atoms with Gasteiger partial charge in [-0.2, -0.15) is 5.26 Å². The first-order valence-corrected chi connectivity index (χ1v) is 7.74. The van der Waals surface area contributed by atoms with Crippen LogP contribution in [0, 0.1) is 11.3 Å². The van der Waals surface area contributed by atoms with Crippen LogP contribution in [-0.4, -0.2) is 39.8 Å². The van der Waals surface area contributed by atoms with E-state index < -0.39 is 15.8 Å². The summed E-state index contributed by atoms with van der Waals surface area (Å²) in [6, 6.07) is 7.74. The maximum absolute atomic E-state index is 12.0. The summed E-state index contributed by atoms with van der Waals surface area (Å²) in [7, 11) is -3.47. The Labute approximate surface area is 118 Å². The number of hydrogen-bond donors (Lipinski definition) is 1. The Morgan fingerprint density at radius 2 is 2.20 bits per heavy atom. The van der Waals surface area contributed by atoms with Crippen molar-refractivity contribution in [2.45, 2.75) is 11.8 Å². The van der Waals surface area contributed by atoms with Crippen molar-refractivity contribution in [1.82, 2.24) is 5.32 Å². The van der Waals surface area contributed by atoms with Crippen molar-refractivity contribution in [3.05, 3.63) is 29.8 Å². The van der Waals surface area contributed by atoms with Crippen molar-refractivity contribution >= 4 is 15.8 Å². The third kappa shape index (κ3) is 4.99. The van der Waals surface area contributed by atoms with Crippen LogP contribution < -0.4 is 5.32 Å². The van der Waals surface area contributed by atoms with Gasteiger partial charge < -0.3 is 10.1 Å². The predicted octanol–water partition coefficient (Wildman–Crippen LogP) is 0.485. The molecule has 0 aromatic heterocycles. The first-order chi connectivity index (χ1) is 9.49. The molecule has 0 heterocycles. The standard InChI is InChI=1S/C13H16N2O4S/c1-2-19-13(16)10-15-6-7-20(17,18)12-5-3-4-11(8-12)9-14/h3-5,8,15H,2,6-7,10H2,1H3. The van der Waals surface area contributed by atoms with Crippen LogP contribution in [0.5, 0.6) is 0 Å². The Hall–Kier alpha value is -1.91. The SMILES string of the molecule is CCOC(=O)CNCCS(=O)(=O)c1cccc(C#N)c1. The molecule has 0 aliphatic carbocycles. The number of nitrogens with zero attached hydrogens (tertiary/aromatic N) is 1. The molecule has 1 rings (SSSR count). The summed E-state index contributed by atoms with van der Waals surface area (Å²) in [4.78, 5) is 11.2. The summed E-state index contributed by atoms with van der Waals surface area (Å²) < 4.78 is 28.7. The van der Waals surface area contributed by atoms with Gasteiger partial charge in [0.25, 0.3) is 0 Å². The van der Waals surface area contributed by atoms with Gasteiger partial charge in [-0.3, -0.25) is 4.79 Å².